The van der Waals surface area contributed by atoms with Crippen molar-refractivity contribution in [2.45, 2.75) is 23.6 Å². The molecule has 0 heterocycles. The highest BCUT2D eigenvalue weighted by atomic mass is 19.3. The van der Waals surface area contributed by atoms with Crippen LogP contribution in [0.3, 0.4) is 0 Å². The van der Waals surface area contributed by atoms with Gasteiger partial charge in [-0.25, -0.2) is 0 Å². The molecule has 1 aliphatic carbocycles. The molecule has 5 rings (SSSR count). The van der Waals surface area contributed by atoms with Crippen LogP contribution in [0.25, 0.3) is 22.3 Å². The maximum absolute atomic E-state index is 15.5. The Morgan fingerprint density at radius 3 is 0.895 bits per heavy atom. The fourth-order valence-corrected chi connectivity index (χ4v) is 4.11. The Morgan fingerprint density at radius 2 is 0.632 bits per heavy atom. The lowest BCUT2D eigenvalue weighted by atomic mass is 9.76. The molecule has 0 bridgehead atoms. The van der Waals surface area contributed by atoms with Gasteiger partial charge in [0, 0.05) is 11.4 Å². The summed E-state index contributed by atoms with van der Waals surface area (Å²) in [5, 5.41) is 0. The van der Waals surface area contributed by atoms with E-state index in [-0.39, 0.29) is 0 Å². The van der Waals surface area contributed by atoms with Crippen LogP contribution < -0.4 is 20.9 Å². The molecule has 1 saturated carbocycles. The zero-order valence-corrected chi connectivity index (χ0v) is 19.5. The Bertz CT molecular complexity index is 1330. The van der Waals surface area contributed by atoms with E-state index < -0.39 is 35.1 Å². The molecule has 38 heavy (non-hydrogen) atoms. The number of benzene rings is 4. The quantitative estimate of drug-likeness (QED) is 0.203. The van der Waals surface area contributed by atoms with Crippen LogP contribution in [0.5, 0.6) is 11.5 Å². The molecule has 196 valence electrons. The second-order valence-corrected chi connectivity index (χ2v) is 8.84. The van der Waals surface area contributed by atoms with Crippen LogP contribution in [0.15, 0.2) is 97.1 Å². The Labute approximate surface area is 213 Å². The number of ether oxygens (including phenoxy) is 2. The van der Waals surface area contributed by atoms with Gasteiger partial charge in [0.2, 0.25) is 0 Å². The molecular weight excluding hydrogens is 510 g/mol. The maximum atomic E-state index is 15.5. The largest absolute Gasteiger partial charge is 0.447 e. The molecule has 10 heteroatoms. The van der Waals surface area contributed by atoms with Crippen LogP contribution in [0.2, 0.25) is 0 Å². The number of halogens is 6. The van der Waals surface area contributed by atoms with Crippen molar-refractivity contribution < 1.29 is 35.8 Å². The van der Waals surface area contributed by atoms with E-state index in [1.807, 2.05) is 0 Å². The third kappa shape index (κ3) is 3.70. The number of hydrogen-bond acceptors (Lipinski definition) is 4. The third-order valence-corrected chi connectivity index (χ3v) is 6.33. The van der Waals surface area contributed by atoms with E-state index in [0.29, 0.717) is 33.6 Å². The van der Waals surface area contributed by atoms with Gasteiger partial charge in [0.05, 0.1) is 0 Å². The Kier molecular flexibility index (Phi) is 5.74. The monoisotopic (exact) mass is 530 g/mol. The zero-order valence-electron chi connectivity index (χ0n) is 19.5. The molecule has 1 aliphatic rings. The molecule has 4 aromatic carbocycles. The number of alkyl halides is 6. The fraction of sp³-hybridized carbons (Fsp3) is 0.143. The highest BCUT2D eigenvalue weighted by Gasteiger charge is 3.03. The first-order chi connectivity index (χ1) is 17.9. The molecule has 2 atom stereocenters. The molecule has 0 saturated heterocycles. The van der Waals surface area contributed by atoms with Crippen molar-refractivity contribution in [3.8, 4) is 33.8 Å². The van der Waals surface area contributed by atoms with Gasteiger partial charge in [0.15, 0.2) is 0 Å². The minimum absolute atomic E-state index is 0.514. The lowest BCUT2D eigenvalue weighted by molar-refractivity contribution is -0.527. The lowest BCUT2D eigenvalue weighted by Gasteiger charge is -2.55. The molecule has 0 aromatic heterocycles. The minimum atomic E-state index is -5.53. The van der Waals surface area contributed by atoms with Gasteiger partial charge in [-0.3, -0.25) is 0 Å². The second kappa shape index (κ2) is 8.61. The molecule has 0 amide bonds. The first-order valence-corrected chi connectivity index (χ1v) is 11.3. The topological polar surface area (TPSA) is 70.5 Å². The van der Waals surface area contributed by atoms with Crippen molar-refractivity contribution in [1.82, 2.24) is 0 Å². The predicted molar refractivity (Wildman–Crippen MR) is 131 cm³/mol. The van der Waals surface area contributed by atoms with Crippen molar-refractivity contribution in [3.63, 3.8) is 0 Å². The third-order valence-electron chi connectivity index (χ3n) is 6.33. The van der Waals surface area contributed by atoms with Crippen molar-refractivity contribution in [1.29, 1.82) is 0 Å². The Morgan fingerprint density at radius 1 is 0.395 bits per heavy atom. The van der Waals surface area contributed by atoms with Gasteiger partial charge < -0.3 is 20.9 Å². The number of nitrogens with two attached hydrogens (primary N) is 2. The molecule has 0 radical (unpaired) electrons. The predicted octanol–water partition coefficient (Wildman–Crippen LogP) is 7.26. The number of anilines is 2. The van der Waals surface area contributed by atoms with Crippen LogP contribution in [0.1, 0.15) is 0 Å². The molecular formula is C28H20F6N2O2. The van der Waals surface area contributed by atoms with Crippen molar-refractivity contribution in [2.24, 2.45) is 0 Å². The summed E-state index contributed by atoms with van der Waals surface area (Å²) in [4.78, 5) is 0. The van der Waals surface area contributed by atoms with Crippen LogP contribution in [-0.2, 0) is 0 Å². The summed E-state index contributed by atoms with van der Waals surface area (Å²) in [6.07, 6.45) is 0. The zero-order chi connectivity index (χ0) is 27.3. The van der Waals surface area contributed by atoms with Gasteiger partial charge in [0.25, 0.3) is 0 Å². The van der Waals surface area contributed by atoms with Crippen LogP contribution in [-0.4, -0.2) is 23.6 Å². The molecule has 1 fully saturated rings. The molecule has 0 aliphatic heterocycles. The summed E-state index contributed by atoms with van der Waals surface area (Å²) >= 11 is 0. The van der Waals surface area contributed by atoms with Crippen molar-refractivity contribution in [3.05, 3.63) is 97.1 Å². The van der Waals surface area contributed by atoms with Crippen LogP contribution in [0.4, 0.5) is 37.7 Å². The number of hydrogen-bond donors (Lipinski definition) is 2. The van der Waals surface area contributed by atoms with Gasteiger partial charge in [-0.1, -0.05) is 48.5 Å². The van der Waals surface area contributed by atoms with E-state index in [1.54, 1.807) is 48.5 Å². The van der Waals surface area contributed by atoms with Crippen molar-refractivity contribution >= 4 is 11.4 Å². The van der Waals surface area contributed by atoms with E-state index in [1.165, 1.54) is 24.3 Å². The summed E-state index contributed by atoms with van der Waals surface area (Å²) in [7, 11) is 0. The lowest BCUT2D eigenvalue weighted by Crippen LogP contribution is -2.89. The Hall–Kier alpha value is -4.34. The number of nitrogen functional groups attached to an aromatic ring is 2. The van der Waals surface area contributed by atoms with E-state index in [2.05, 4.69) is 9.47 Å². The van der Waals surface area contributed by atoms with E-state index >= 15 is 8.78 Å². The fourth-order valence-electron chi connectivity index (χ4n) is 4.11. The van der Waals surface area contributed by atoms with E-state index in [0.717, 1.165) is 24.3 Å². The molecule has 4 nitrogen and oxygen atoms in total. The minimum Gasteiger partial charge on any atom is -0.447 e. The average molecular weight is 530 g/mol. The summed E-state index contributed by atoms with van der Waals surface area (Å²) in [5.74, 6) is -21.9. The molecule has 2 unspecified atom stereocenters. The van der Waals surface area contributed by atoms with Gasteiger partial charge in [-0.2, -0.15) is 26.3 Å². The van der Waals surface area contributed by atoms with Crippen LogP contribution >= 0.6 is 0 Å². The highest BCUT2D eigenvalue weighted by Crippen LogP contribution is 2.68. The van der Waals surface area contributed by atoms with E-state index in [4.69, 9.17) is 11.5 Å². The molecule has 0 spiro atoms. The molecule has 4 aromatic rings. The van der Waals surface area contributed by atoms with Gasteiger partial charge in [0.1, 0.15) is 11.5 Å². The maximum Gasteiger partial charge on any atom is 0.395 e. The highest BCUT2D eigenvalue weighted by molar-refractivity contribution is 5.67. The smallest absolute Gasteiger partial charge is 0.395 e. The van der Waals surface area contributed by atoms with Gasteiger partial charge in [-0.15, -0.1) is 0 Å². The molecule has 4 N–H and O–H groups in total. The van der Waals surface area contributed by atoms with Gasteiger partial charge in [-0.05, 0) is 70.8 Å². The number of rotatable bonds is 6. The normalized spacial score (nSPS) is 23.3. The SMILES string of the molecule is Nc1ccc(-c2ccc(OC3(F)C(F)(F)C(F)(F)C3(F)Oc3ccc(-c4ccc(N)cc4)cc3)cc2)cc1. The Balaban J connectivity index is 1.40. The van der Waals surface area contributed by atoms with E-state index in [9.17, 15) is 17.6 Å². The summed E-state index contributed by atoms with van der Waals surface area (Å²) in [6, 6.07) is 23.0. The summed E-state index contributed by atoms with van der Waals surface area (Å²) < 4.78 is 97.5. The van der Waals surface area contributed by atoms with Crippen molar-refractivity contribution in [2.75, 3.05) is 11.5 Å². The summed E-state index contributed by atoms with van der Waals surface area (Å²) in [5.41, 5.74) is 14.8. The first kappa shape index (κ1) is 25.3. The average Bonchev–Trinajstić information content (AvgIpc) is 2.90. The van der Waals surface area contributed by atoms with Gasteiger partial charge >= 0.3 is 23.6 Å². The standard InChI is InChI=1S/C28H20F6N2O2/c29-25(30)26(31,32)28(34,38-24-15-7-20(8-16-24)18-3-11-22(36)12-4-18)27(25,33)37-23-13-5-19(6-14-23)17-1-9-21(35)10-2-17/h1-16H,35-36H2. The summed E-state index contributed by atoms with van der Waals surface area (Å²) in [6.45, 7) is 0. The first-order valence-electron chi connectivity index (χ1n) is 11.3. The van der Waals surface area contributed by atoms with Crippen LogP contribution in [0, 0.1) is 0 Å². The second-order valence-electron chi connectivity index (χ2n) is 8.84.